The van der Waals surface area contributed by atoms with Crippen LogP contribution in [0.1, 0.15) is 54.8 Å². The van der Waals surface area contributed by atoms with Crippen LogP contribution >= 0.6 is 0 Å². The summed E-state index contributed by atoms with van der Waals surface area (Å²) in [6.07, 6.45) is 1.87. The van der Waals surface area contributed by atoms with Crippen LogP contribution in [0.2, 0.25) is 0 Å². The Morgan fingerprint density at radius 1 is 1.42 bits per heavy atom. The van der Waals surface area contributed by atoms with E-state index in [1.807, 2.05) is 32.9 Å². The molecule has 0 atom stereocenters. The zero-order chi connectivity index (χ0) is 14.2. The molecule has 1 N–H and O–H groups in total. The lowest BCUT2D eigenvalue weighted by Crippen LogP contribution is -2.12. The maximum absolute atomic E-state index is 11.6. The quantitative estimate of drug-likeness (QED) is 0.914. The predicted molar refractivity (Wildman–Crippen MR) is 75.8 cm³/mol. The molecule has 0 aliphatic heterocycles. The van der Waals surface area contributed by atoms with Crippen LogP contribution < -0.4 is 0 Å². The Balaban J connectivity index is 2.86. The van der Waals surface area contributed by atoms with Crippen molar-refractivity contribution in [3.8, 4) is 0 Å². The predicted octanol–water partition coefficient (Wildman–Crippen LogP) is 3.58. The fourth-order valence-electron chi connectivity index (χ4n) is 2.52. The van der Waals surface area contributed by atoms with E-state index >= 15 is 0 Å². The van der Waals surface area contributed by atoms with Crippen molar-refractivity contribution in [3.63, 3.8) is 0 Å². The topological polar surface area (TPSA) is 55.1 Å². The zero-order valence-electron chi connectivity index (χ0n) is 11.9. The third kappa shape index (κ3) is 2.23. The fourth-order valence-corrected chi connectivity index (χ4v) is 2.52. The summed E-state index contributed by atoms with van der Waals surface area (Å²) in [5.41, 5.74) is 3.35. The first-order valence-corrected chi connectivity index (χ1v) is 6.71. The number of aromatic carboxylic acids is 1. The van der Waals surface area contributed by atoms with Crippen molar-refractivity contribution in [1.82, 2.24) is 9.78 Å². The molecule has 1 heterocycles. The lowest BCUT2D eigenvalue weighted by molar-refractivity contribution is 0.0683. The zero-order valence-corrected chi connectivity index (χ0v) is 11.9. The van der Waals surface area contributed by atoms with Crippen LogP contribution in [-0.4, -0.2) is 20.9 Å². The fraction of sp³-hybridized carbons (Fsp3) is 0.467. The first kappa shape index (κ1) is 13.6. The van der Waals surface area contributed by atoms with Crippen molar-refractivity contribution in [1.29, 1.82) is 0 Å². The van der Waals surface area contributed by atoms with Crippen molar-refractivity contribution in [2.45, 2.75) is 46.6 Å². The number of aromatic nitrogens is 2. The molecular weight excluding hydrogens is 240 g/mol. The summed E-state index contributed by atoms with van der Waals surface area (Å²) >= 11 is 0. The lowest BCUT2D eigenvalue weighted by Gasteiger charge is -2.09. The summed E-state index contributed by atoms with van der Waals surface area (Å²) in [6, 6.07) is 3.97. The normalized spacial score (nSPS) is 11.4. The summed E-state index contributed by atoms with van der Waals surface area (Å²) in [7, 11) is 0. The molecule has 102 valence electrons. The summed E-state index contributed by atoms with van der Waals surface area (Å²) in [6.45, 7) is 8.03. The van der Waals surface area contributed by atoms with Crippen LogP contribution in [0.5, 0.6) is 0 Å². The Hall–Kier alpha value is -1.84. The van der Waals surface area contributed by atoms with Crippen molar-refractivity contribution < 1.29 is 9.90 Å². The molecule has 0 aliphatic carbocycles. The smallest absolute Gasteiger partial charge is 0.354 e. The second-order valence-electron chi connectivity index (χ2n) is 5.20. The number of carboxylic acid groups (broad SMARTS) is 1. The summed E-state index contributed by atoms with van der Waals surface area (Å²) in [5.74, 6) is -0.904. The Morgan fingerprint density at radius 2 is 2.11 bits per heavy atom. The van der Waals surface area contributed by atoms with Gasteiger partial charge in [-0.25, -0.2) is 4.79 Å². The van der Waals surface area contributed by atoms with Gasteiger partial charge in [0.05, 0.1) is 5.52 Å². The van der Waals surface area contributed by atoms with Gasteiger partial charge in [-0.2, -0.15) is 5.10 Å². The van der Waals surface area contributed by atoms with Crippen LogP contribution in [0.3, 0.4) is 0 Å². The van der Waals surface area contributed by atoms with Crippen LogP contribution in [0.25, 0.3) is 10.9 Å². The molecule has 2 rings (SSSR count). The first-order chi connectivity index (χ1) is 8.97. The van der Waals surface area contributed by atoms with E-state index in [0.29, 0.717) is 5.69 Å². The van der Waals surface area contributed by atoms with E-state index in [2.05, 4.69) is 12.0 Å². The number of nitrogens with zero attached hydrogens (tertiary/aromatic N) is 2. The number of hydrogen-bond acceptors (Lipinski definition) is 2. The minimum Gasteiger partial charge on any atom is -0.477 e. The molecule has 4 heteroatoms. The maximum Gasteiger partial charge on any atom is 0.354 e. The average Bonchev–Trinajstić information content (AvgIpc) is 2.72. The largest absolute Gasteiger partial charge is 0.477 e. The Labute approximate surface area is 113 Å². The molecule has 0 unspecified atom stereocenters. The van der Waals surface area contributed by atoms with Gasteiger partial charge in [-0.1, -0.05) is 19.4 Å². The number of fused-ring (bicyclic) bond motifs is 1. The van der Waals surface area contributed by atoms with Gasteiger partial charge < -0.3 is 5.11 Å². The van der Waals surface area contributed by atoms with Gasteiger partial charge in [0.1, 0.15) is 0 Å². The molecule has 0 aliphatic rings. The Morgan fingerprint density at radius 3 is 2.63 bits per heavy atom. The minimum absolute atomic E-state index is 0.0354. The van der Waals surface area contributed by atoms with E-state index in [-0.39, 0.29) is 6.04 Å². The highest BCUT2D eigenvalue weighted by Gasteiger charge is 2.22. The van der Waals surface area contributed by atoms with Crippen molar-refractivity contribution in [2.75, 3.05) is 0 Å². The highest BCUT2D eigenvalue weighted by atomic mass is 16.4. The van der Waals surface area contributed by atoms with E-state index in [4.69, 9.17) is 0 Å². The molecule has 0 saturated carbocycles. The number of benzene rings is 1. The van der Waals surface area contributed by atoms with E-state index in [1.165, 1.54) is 0 Å². The van der Waals surface area contributed by atoms with Gasteiger partial charge in [0.15, 0.2) is 5.69 Å². The van der Waals surface area contributed by atoms with Crippen molar-refractivity contribution >= 4 is 16.9 Å². The van der Waals surface area contributed by atoms with E-state index < -0.39 is 5.97 Å². The lowest BCUT2D eigenvalue weighted by atomic mass is 9.98. The van der Waals surface area contributed by atoms with Gasteiger partial charge in [0.25, 0.3) is 0 Å². The monoisotopic (exact) mass is 260 g/mol. The molecule has 0 amide bonds. The molecule has 19 heavy (non-hydrogen) atoms. The Bertz CT molecular complexity index is 627. The van der Waals surface area contributed by atoms with E-state index in [9.17, 15) is 9.90 Å². The number of carbonyl (C=O) groups is 1. The average molecular weight is 260 g/mol. The molecule has 0 bridgehead atoms. The number of carboxylic acids is 1. The van der Waals surface area contributed by atoms with Gasteiger partial charge in [0, 0.05) is 11.4 Å². The number of hydrogen-bond donors (Lipinski definition) is 1. The minimum atomic E-state index is -0.904. The van der Waals surface area contributed by atoms with Crippen LogP contribution in [0.4, 0.5) is 0 Å². The van der Waals surface area contributed by atoms with Crippen LogP contribution in [0.15, 0.2) is 12.1 Å². The molecular formula is C15H20N2O2. The number of rotatable bonds is 4. The second-order valence-corrected chi connectivity index (χ2v) is 5.20. The van der Waals surface area contributed by atoms with Crippen LogP contribution in [0, 0.1) is 6.92 Å². The van der Waals surface area contributed by atoms with Gasteiger partial charge >= 0.3 is 5.97 Å². The first-order valence-electron chi connectivity index (χ1n) is 6.71. The molecule has 4 nitrogen and oxygen atoms in total. The standard InChI is InChI=1S/C15H20N2O2/c1-5-6-11-10(4)7-8-12-13(11)14(15(18)19)17(16-12)9(2)3/h7-9H,5-6H2,1-4H3,(H,18,19). The molecule has 0 saturated heterocycles. The van der Waals surface area contributed by atoms with Gasteiger partial charge in [-0.05, 0) is 44.4 Å². The number of aryl methyl sites for hydroxylation is 2. The molecule has 2 aromatic rings. The van der Waals surface area contributed by atoms with Gasteiger partial charge in [0.2, 0.25) is 0 Å². The molecule has 1 aromatic heterocycles. The van der Waals surface area contributed by atoms with Crippen LogP contribution in [-0.2, 0) is 6.42 Å². The third-order valence-corrected chi connectivity index (χ3v) is 3.40. The van der Waals surface area contributed by atoms with Gasteiger partial charge in [-0.15, -0.1) is 0 Å². The summed E-state index contributed by atoms with van der Waals surface area (Å²) in [5, 5.41) is 14.8. The Kier molecular flexibility index (Phi) is 3.60. The van der Waals surface area contributed by atoms with Gasteiger partial charge in [-0.3, -0.25) is 4.68 Å². The maximum atomic E-state index is 11.6. The third-order valence-electron chi connectivity index (χ3n) is 3.40. The molecule has 0 radical (unpaired) electrons. The molecule has 0 fully saturated rings. The summed E-state index contributed by atoms with van der Waals surface area (Å²) < 4.78 is 1.62. The van der Waals surface area contributed by atoms with E-state index in [0.717, 1.165) is 34.9 Å². The SMILES string of the molecule is CCCc1c(C)ccc2nn(C(C)C)c(C(=O)O)c12. The van der Waals surface area contributed by atoms with Crippen molar-refractivity contribution in [3.05, 3.63) is 29.0 Å². The summed E-state index contributed by atoms with van der Waals surface area (Å²) in [4.78, 5) is 11.6. The molecule has 0 spiro atoms. The highest BCUT2D eigenvalue weighted by molar-refractivity contribution is 6.03. The highest BCUT2D eigenvalue weighted by Crippen LogP contribution is 2.28. The van der Waals surface area contributed by atoms with Crippen molar-refractivity contribution in [2.24, 2.45) is 0 Å². The van der Waals surface area contributed by atoms with E-state index in [1.54, 1.807) is 4.68 Å². The second kappa shape index (κ2) is 5.03. The molecule has 1 aromatic carbocycles.